The normalized spacial score (nSPS) is 12.4. The summed E-state index contributed by atoms with van der Waals surface area (Å²) in [7, 11) is 1.72. The van der Waals surface area contributed by atoms with Gasteiger partial charge in [0.15, 0.2) is 0 Å². The summed E-state index contributed by atoms with van der Waals surface area (Å²) in [5.41, 5.74) is 3.25. The zero-order valence-electron chi connectivity index (χ0n) is 11.3. The standard InChI is InChI=1S/C16H17N3O/c1-20-11-15(12-6-3-2-4-7-12)18-14-9-5-8-13-10-17-19-16(13)14/h2-10,15,18H,11H2,1H3,(H,17,19). The van der Waals surface area contributed by atoms with Crippen LogP contribution in [0.3, 0.4) is 0 Å². The Morgan fingerprint density at radius 3 is 2.80 bits per heavy atom. The number of para-hydroxylation sites is 1. The number of aromatic amines is 1. The van der Waals surface area contributed by atoms with Crippen molar-refractivity contribution in [2.45, 2.75) is 6.04 Å². The molecule has 0 fully saturated rings. The molecular weight excluding hydrogens is 250 g/mol. The van der Waals surface area contributed by atoms with Gasteiger partial charge in [0.1, 0.15) is 0 Å². The predicted octanol–water partition coefficient (Wildman–Crippen LogP) is 3.36. The molecule has 0 bridgehead atoms. The van der Waals surface area contributed by atoms with E-state index < -0.39 is 0 Å². The number of methoxy groups -OCH3 is 1. The predicted molar refractivity (Wildman–Crippen MR) is 80.8 cm³/mol. The van der Waals surface area contributed by atoms with Crippen molar-refractivity contribution in [3.05, 3.63) is 60.3 Å². The number of rotatable bonds is 5. The Bertz CT molecular complexity index is 678. The van der Waals surface area contributed by atoms with Gasteiger partial charge in [-0.3, -0.25) is 5.10 Å². The molecule has 2 N–H and O–H groups in total. The fourth-order valence-electron chi connectivity index (χ4n) is 2.35. The Labute approximate surface area is 117 Å². The Morgan fingerprint density at radius 1 is 1.15 bits per heavy atom. The molecule has 4 heteroatoms. The maximum absolute atomic E-state index is 5.34. The van der Waals surface area contributed by atoms with Gasteiger partial charge in [-0.25, -0.2) is 0 Å². The molecule has 0 saturated carbocycles. The van der Waals surface area contributed by atoms with E-state index in [4.69, 9.17) is 4.74 Å². The van der Waals surface area contributed by atoms with Crippen LogP contribution in [0, 0.1) is 0 Å². The first-order valence-electron chi connectivity index (χ1n) is 6.61. The maximum Gasteiger partial charge on any atom is 0.0881 e. The van der Waals surface area contributed by atoms with Crippen LogP contribution in [0.25, 0.3) is 10.9 Å². The number of H-pyrrole nitrogens is 1. The average molecular weight is 267 g/mol. The van der Waals surface area contributed by atoms with E-state index in [1.807, 2.05) is 42.6 Å². The highest BCUT2D eigenvalue weighted by atomic mass is 16.5. The van der Waals surface area contributed by atoms with Gasteiger partial charge in [0.2, 0.25) is 0 Å². The van der Waals surface area contributed by atoms with E-state index in [2.05, 4.69) is 27.6 Å². The van der Waals surface area contributed by atoms with Crippen molar-refractivity contribution < 1.29 is 4.74 Å². The van der Waals surface area contributed by atoms with Crippen LogP contribution in [0.1, 0.15) is 11.6 Å². The third-order valence-corrected chi connectivity index (χ3v) is 3.34. The number of fused-ring (bicyclic) bond motifs is 1. The van der Waals surface area contributed by atoms with E-state index in [-0.39, 0.29) is 6.04 Å². The van der Waals surface area contributed by atoms with E-state index >= 15 is 0 Å². The van der Waals surface area contributed by atoms with E-state index in [0.29, 0.717) is 6.61 Å². The molecule has 3 aromatic rings. The lowest BCUT2D eigenvalue weighted by Gasteiger charge is -2.20. The van der Waals surface area contributed by atoms with Crippen LogP contribution in [-0.4, -0.2) is 23.9 Å². The van der Waals surface area contributed by atoms with Crippen molar-refractivity contribution in [3.8, 4) is 0 Å². The minimum atomic E-state index is 0.107. The molecule has 2 aromatic carbocycles. The van der Waals surface area contributed by atoms with Crippen molar-refractivity contribution in [3.63, 3.8) is 0 Å². The molecule has 3 rings (SSSR count). The molecule has 0 amide bonds. The summed E-state index contributed by atoms with van der Waals surface area (Å²) < 4.78 is 5.34. The van der Waals surface area contributed by atoms with Crippen molar-refractivity contribution in [2.24, 2.45) is 0 Å². The molecule has 1 heterocycles. The number of benzene rings is 2. The first-order valence-corrected chi connectivity index (χ1v) is 6.61. The lowest BCUT2D eigenvalue weighted by molar-refractivity contribution is 0.186. The lowest BCUT2D eigenvalue weighted by Crippen LogP contribution is -2.16. The van der Waals surface area contributed by atoms with Crippen molar-refractivity contribution in [1.29, 1.82) is 0 Å². The van der Waals surface area contributed by atoms with Gasteiger partial charge in [-0.2, -0.15) is 5.10 Å². The van der Waals surface area contributed by atoms with Gasteiger partial charge in [0.25, 0.3) is 0 Å². The van der Waals surface area contributed by atoms with Crippen molar-refractivity contribution >= 4 is 16.6 Å². The van der Waals surface area contributed by atoms with Crippen LogP contribution in [0.15, 0.2) is 54.7 Å². The zero-order chi connectivity index (χ0) is 13.8. The quantitative estimate of drug-likeness (QED) is 0.745. The summed E-state index contributed by atoms with van der Waals surface area (Å²) in [5, 5.41) is 11.8. The fraction of sp³-hybridized carbons (Fsp3) is 0.188. The summed E-state index contributed by atoms with van der Waals surface area (Å²) in [6, 6.07) is 16.5. The molecule has 0 spiro atoms. The number of hydrogen-bond donors (Lipinski definition) is 2. The molecule has 1 aromatic heterocycles. The number of ether oxygens (including phenoxy) is 1. The summed E-state index contributed by atoms with van der Waals surface area (Å²) in [6.07, 6.45) is 1.83. The van der Waals surface area contributed by atoms with Gasteiger partial charge in [-0.15, -0.1) is 0 Å². The SMILES string of the molecule is COCC(Nc1cccc2cn[nH]c12)c1ccccc1. The number of anilines is 1. The second kappa shape index (κ2) is 5.75. The van der Waals surface area contributed by atoms with Crippen molar-refractivity contribution in [2.75, 3.05) is 19.0 Å². The Morgan fingerprint density at radius 2 is 2.00 bits per heavy atom. The molecule has 1 atom stereocenters. The third-order valence-electron chi connectivity index (χ3n) is 3.34. The van der Waals surface area contributed by atoms with Crippen LogP contribution in [0.4, 0.5) is 5.69 Å². The van der Waals surface area contributed by atoms with E-state index in [1.54, 1.807) is 7.11 Å². The first kappa shape index (κ1) is 12.7. The van der Waals surface area contributed by atoms with Gasteiger partial charge < -0.3 is 10.1 Å². The number of aromatic nitrogens is 2. The van der Waals surface area contributed by atoms with Gasteiger partial charge in [-0.05, 0) is 11.6 Å². The average Bonchev–Trinajstić information content (AvgIpc) is 2.97. The largest absolute Gasteiger partial charge is 0.382 e. The monoisotopic (exact) mass is 267 g/mol. The van der Waals surface area contributed by atoms with Crippen LogP contribution in [0.2, 0.25) is 0 Å². The molecule has 0 saturated heterocycles. The minimum Gasteiger partial charge on any atom is -0.382 e. The molecule has 0 aliphatic carbocycles. The molecule has 1 unspecified atom stereocenters. The highest BCUT2D eigenvalue weighted by Gasteiger charge is 2.12. The molecule has 4 nitrogen and oxygen atoms in total. The molecule has 0 aliphatic heterocycles. The van der Waals surface area contributed by atoms with Crippen molar-refractivity contribution in [1.82, 2.24) is 10.2 Å². The lowest BCUT2D eigenvalue weighted by atomic mass is 10.1. The molecule has 102 valence electrons. The van der Waals surface area contributed by atoms with Gasteiger partial charge in [-0.1, -0.05) is 42.5 Å². The Kier molecular flexibility index (Phi) is 3.65. The van der Waals surface area contributed by atoms with Crippen LogP contribution >= 0.6 is 0 Å². The number of nitrogens with one attached hydrogen (secondary N) is 2. The molecule has 0 radical (unpaired) electrons. The minimum absolute atomic E-state index is 0.107. The fourth-order valence-corrected chi connectivity index (χ4v) is 2.35. The van der Waals surface area contributed by atoms with E-state index in [9.17, 15) is 0 Å². The topological polar surface area (TPSA) is 49.9 Å². The van der Waals surface area contributed by atoms with Crippen LogP contribution in [-0.2, 0) is 4.74 Å². The highest BCUT2D eigenvalue weighted by Crippen LogP contribution is 2.25. The first-order chi connectivity index (χ1) is 9.88. The van der Waals surface area contributed by atoms with Gasteiger partial charge in [0, 0.05) is 12.5 Å². The Hall–Kier alpha value is -2.33. The molecule has 20 heavy (non-hydrogen) atoms. The zero-order valence-corrected chi connectivity index (χ0v) is 11.3. The summed E-state index contributed by atoms with van der Waals surface area (Å²) in [5.74, 6) is 0. The Balaban J connectivity index is 1.92. The summed E-state index contributed by atoms with van der Waals surface area (Å²) >= 11 is 0. The number of hydrogen-bond acceptors (Lipinski definition) is 3. The van der Waals surface area contributed by atoms with Gasteiger partial charge >= 0.3 is 0 Å². The maximum atomic E-state index is 5.34. The summed E-state index contributed by atoms with van der Waals surface area (Å²) in [4.78, 5) is 0. The van der Waals surface area contributed by atoms with Gasteiger partial charge in [0.05, 0.1) is 30.0 Å². The smallest absolute Gasteiger partial charge is 0.0881 e. The highest BCUT2D eigenvalue weighted by molar-refractivity contribution is 5.90. The van der Waals surface area contributed by atoms with E-state index in [1.165, 1.54) is 5.56 Å². The van der Waals surface area contributed by atoms with Crippen LogP contribution in [0.5, 0.6) is 0 Å². The second-order valence-corrected chi connectivity index (χ2v) is 4.70. The third kappa shape index (κ3) is 2.51. The van der Waals surface area contributed by atoms with Crippen LogP contribution < -0.4 is 5.32 Å². The summed E-state index contributed by atoms with van der Waals surface area (Å²) in [6.45, 7) is 0.606. The van der Waals surface area contributed by atoms with E-state index in [0.717, 1.165) is 16.6 Å². The molecular formula is C16H17N3O. The molecule has 0 aliphatic rings. The second-order valence-electron chi connectivity index (χ2n) is 4.70. The number of nitrogens with zero attached hydrogens (tertiary/aromatic N) is 1.